The molecule has 1 saturated heterocycles. The molecule has 0 bridgehead atoms. The van der Waals surface area contributed by atoms with Crippen molar-refractivity contribution in [2.45, 2.75) is 19.8 Å². The van der Waals surface area contributed by atoms with Crippen LogP contribution in [0.1, 0.15) is 19.8 Å². The van der Waals surface area contributed by atoms with E-state index in [2.05, 4.69) is 0 Å². The van der Waals surface area contributed by atoms with Gasteiger partial charge in [-0.2, -0.15) is 5.26 Å². The van der Waals surface area contributed by atoms with Crippen molar-refractivity contribution in [3.8, 4) is 6.07 Å². The van der Waals surface area contributed by atoms with Crippen LogP contribution in [0.2, 0.25) is 0 Å². The molecule has 7 heteroatoms. The third-order valence-electron chi connectivity index (χ3n) is 3.20. The molecule has 1 aliphatic rings. The summed E-state index contributed by atoms with van der Waals surface area (Å²) in [6.07, 6.45) is 1.05. The van der Waals surface area contributed by atoms with Crippen LogP contribution in [-0.4, -0.2) is 72.2 Å². The van der Waals surface area contributed by atoms with E-state index in [0.29, 0.717) is 26.2 Å². The van der Waals surface area contributed by atoms with Crippen LogP contribution in [0.25, 0.3) is 0 Å². The minimum absolute atomic E-state index is 0.105. The van der Waals surface area contributed by atoms with E-state index < -0.39 is 11.8 Å². The number of carbonyl (C=O) groups is 3. The first-order chi connectivity index (χ1) is 9.51. The topological polar surface area (TPSA) is 84.7 Å². The first kappa shape index (κ1) is 16.0. The molecule has 0 spiro atoms. The van der Waals surface area contributed by atoms with Gasteiger partial charge in [0.25, 0.3) is 0 Å². The number of amides is 3. The molecule has 0 unspecified atom stereocenters. The molecular formula is C13H20N4O3. The van der Waals surface area contributed by atoms with Crippen molar-refractivity contribution in [2.75, 3.05) is 39.8 Å². The Labute approximate surface area is 118 Å². The first-order valence-electron chi connectivity index (χ1n) is 6.70. The lowest BCUT2D eigenvalue weighted by Crippen LogP contribution is -2.56. The third kappa shape index (κ3) is 3.95. The van der Waals surface area contributed by atoms with Crippen LogP contribution in [0.5, 0.6) is 0 Å². The number of nitrogens with zero attached hydrogens (tertiary/aromatic N) is 4. The molecule has 3 amide bonds. The fourth-order valence-corrected chi connectivity index (χ4v) is 1.98. The third-order valence-corrected chi connectivity index (χ3v) is 3.20. The summed E-state index contributed by atoms with van der Waals surface area (Å²) in [6, 6.07) is 1.96. The highest BCUT2D eigenvalue weighted by atomic mass is 16.2. The Morgan fingerprint density at radius 3 is 2.50 bits per heavy atom. The Morgan fingerprint density at radius 1 is 1.30 bits per heavy atom. The van der Waals surface area contributed by atoms with Gasteiger partial charge in [0.2, 0.25) is 5.91 Å². The first-order valence-corrected chi connectivity index (χ1v) is 6.70. The second kappa shape index (κ2) is 7.48. The van der Waals surface area contributed by atoms with Crippen LogP contribution in [0, 0.1) is 11.3 Å². The maximum absolute atomic E-state index is 11.9. The van der Waals surface area contributed by atoms with Crippen molar-refractivity contribution >= 4 is 17.7 Å². The molecule has 0 saturated carbocycles. The smallest absolute Gasteiger partial charge is 0.312 e. The minimum Gasteiger partial charge on any atom is -0.343 e. The molecule has 0 aromatic carbocycles. The zero-order valence-corrected chi connectivity index (χ0v) is 12.0. The number of carbonyl (C=O) groups excluding carboxylic acids is 3. The Kier molecular flexibility index (Phi) is 5.97. The summed E-state index contributed by atoms with van der Waals surface area (Å²) in [5.41, 5.74) is 0. The predicted molar refractivity (Wildman–Crippen MR) is 71.3 cm³/mol. The molecule has 0 atom stereocenters. The molecule has 1 fully saturated rings. The van der Waals surface area contributed by atoms with Gasteiger partial charge in [-0.3, -0.25) is 14.4 Å². The van der Waals surface area contributed by atoms with Crippen molar-refractivity contribution in [3.63, 3.8) is 0 Å². The van der Waals surface area contributed by atoms with Crippen LogP contribution in [0.15, 0.2) is 0 Å². The van der Waals surface area contributed by atoms with E-state index in [1.807, 2.05) is 13.0 Å². The SMILES string of the molecule is CCCN1CCN(CC(=O)N(C)CCC#N)C(=O)C1=O. The van der Waals surface area contributed by atoms with Gasteiger partial charge in [-0.15, -0.1) is 0 Å². The average Bonchev–Trinajstić information content (AvgIpc) is 2.44. The van der Waals surface area contributed by atoms with Crippen molar-refractivity contribution in [1.29, 1.82) is 5.26 Å². The second-order valence-corrected chi connectivity index (χ2v) is 4.74. The fraction of sp³-hybridized carbons (Fsp3) is 0.692. The van der Waals surface area contributed by atoms with Gasteiger partial charge in [-0.1, -0.05) is 6.92 Å². The molecule has 1 heterocycles. The Bertz CT molecular complexity index is 430. The highest BCUT2D eigenvalue weighted by Crippen LogP contribution is 2.06. The molecule has 0 aromatic rings. The summed E-state index contributed by atoms with van der Waals surface area (Å²) in [6.45, 7) is 3.57. The number of likely N-dealkylation sites (N-methyl/N-ethyl adjacent to an activating group) is 1. The van der Waals surface area contributed by atoms with Crippen molar-refractivity contribution in [1.82, 2.24) is 14.7 Å². The van der Waals surface area contributed by atoms with Crippen LogP contribution in [0.4, 0.5) is 0 Å². The Morgan fingerprint density at radius 2 is 1.90 bits per heavy atom. The quantitative estimate of drug-likeness (QED) is 0.610. The Balaban J connectivity index is 2.53. The molecule has 1 rings (SSSR count). The molecule has 20 heavy (non-hydrogen) atoms. The van der Waals surface area contributed by atoms with Gasteiger partial charge < -0.3 is 14.7 Å². The summed E-state index contributed by atoms with van der Waals surface area (Å²) >= 11 is 0. The molecule has 110 valence electrons. The molecule has 0 aliphatic carbocycles. The number of hydrogen-bond acceptors (Lipinski definition) is 4. The minimum atomic E-state index is -0.619. The number of hydrogen-bond donors (Lipinski definition) is 0. The van der Waals surface area contributed by atoms with Crippen LogP contribution >= 0.6 is 0 Å². The largest absolute Gasteiger partial charge is 0.343 e. The van der Waals surface area contributed by atoms with Crippen molar-refractivity contribution < 1.29 is 14.4 Å². The van der Waals surface area contributed by atoms with Gasteiger partial charge in [0, 0.05) is 33.2 Å². The van der Waals surface area contributed by atoms with E-state index in [-0.39, 0.29) is 18.9 Å². The maximum atomic E-state index is 11.9. The Hall–Kier alpha value is -2.10. The number of rotatable bonds is 6. The summed E-state index contributed by atoms with van der Waals surface area (Å²) in [4.78, 5) is 39.8. The van der Waals surface area contributed by atoms with Crippen molar-refractivity contribution in [2.24, 2.45) is 0 Å². The molecule has 7 nitrogen and oxygen atoms in total. The lowest BCUT2D eigenvalue weighted by molar-refractivity contribution is -0.157. The highest BCUT2D eigenvalue weighted by molar-refractivity contribution is 6.35. The van der Waals surface area contributed by atoms with E-state index in [9.17, 15) is 14.4 Å². The van der Waals surface area contributed by atoms with Crippen molar-refractivity contribution in [3.05, 3.63) is 0 Å². The van der Waals surface area contributed by atoms with Crippen LogP contribution in [0.3, 0.4) is 0 Å². The monoisotopic (exact) mass is 280 g/mol. The van der Waals surface area contributed by atoms with Gasteiger partial charge in [-0.25, -0.2) is 0 Å². The van der Waals surface area contributed by atoms with Gasteiger partial charge in [0.15, 0.2) is 0 Å². The van der Waals surface area contributed by atoms with E-state index >= 15 is 0 Å². The lowest BCUT2D eigenvalue weighted by atomic mass is 10.2. The zero-order valence-electron chi connectivity index (χ0n) is 12.0. The molecule has 0 aromatic heterocycles. The summed E-state index contributed by atoms with van der Waals surface area (Å²) in [5, 5.41) is 8.47. The molecular weight excluding hydrogens is 260 g/mol. The normalized spacial score (nSPS) is 15.2. The van der Waals surface area contributed by atoms with E-state index in [1.54, 1.807) is 7.05 Å². The molecule has 0 radical (unpaired) electrons. The summed E-state index contributed by atoms with van der Waals surface area (Å²) in [7, 11) is 1.58. The standard InChI is InChI=1S/C13H20N4O3/c1-3-6-16-8-9-17(13(20)12(16)19)10-11(18)15(2)7-4-5-14/h3-4,6-10H2,1-2H3. The second-order valence-electron chi connectivity index (χ2n) is 4.74. The highest BCUT2D eigenvalue weighted by Gasteiger charge is 2.33. The van der Waals surface area contributed by atoms with E-state index in [1.165, 1.54) is 14.7 Å². The molecule has 0 N–H and O–H groups in total. The fourth-order valence-electron chi connectivity index (χ4n) is 1.98. The maximum Gasteiger partial charge on any atom is 0.312 e. The number of nitriles is 1. The molecule has 1 aliphatic heterocycles. The summed E-state index contributed by atoms with van der Waals surface area (Å²) < 4.78 is 0. The van der Waals surface area contributed by atoms with Gasteiger partial charge in [-0.05, 0) is 6.42 Å². The zero-order chi connectivity index (χ0) is 15.1. The van der Waals surface area contributed by atoms with Gasteiger partial charge >= 0.3 is 11.8 Å². The van der Waals surface area contributed by atoms with Gasteiger partial charge in [0.1, 0.15) is 6.54 Å². The summed E-state index contributed by atoms with van der Waals surface area (Å²) in [5.74, 6) is -1.41. The predicted octanol–water partition coefficient (Wildman–Crippen LogP) is -0.561. The van der Waals surface area contributed by atoms with E-state index in [4.69, 9.17) is 5.26 Å². The van der Waals surface area contributed by atoms with Crippen LogP contribution < -0.4 is 0 Å². The van der Waals surface area contributed by atoms with E-state index in [0.717, 1.165) is 6.42 Å². The number of piperazine rings is 1. The van der Waals surface area contributed by atoms with Gasteiger partial charge in [0.05, 0.1) is 12.5 Å². The van der Waals surface area contributed by atoms with Crippen LogP contribution in [-0.2, 0) is 14.4 Å². The lowest BCUT2D eigenvalue weighted by Gasteiger charge is -2.33. The average molecular weight is 280 g/mol.